The zero-order chi connectivity index (χ0) is 23.7. The van der Waals surface area contributed by atoms with Crippen molar-refractivity contribution >= 4 is 11.3 Å². The van der Waals surface area contributed by atoms with E-state index in [1.165, 1.54) is 128 Å². The van der Waals surface area contributed by atoms with Crippen LogP contribution in [0, 0.1) is 0 Å². The van der Waals surface area contributed by atoms with Crippen molar-refractivity contribution in [3.63, 3.8) is 0 Å². The van der Waals surface area contributed by atoms with Gasteiger partial charge in [0.1, 0.15) is 0 Å². The summed E-state index contributed by atoms with van der Waals surface area (Å²) in [5.74, 6) is 1.91. The Hall–Kier alpha value is -0.700. The molecule has 0 aliphatic rings. The Morgan fingerprint density at radius 3 is 1.00 bits per heavy atom. The first kappa shape index (κ1) is 30.3. The van der Waals surface area contributed by atoms with Gasteiger partial charge in [0.15, 0.2) is 11.5 Å². The minimum absolute atomic E-state index is 0.822. The molecule has 33 heavy (non-hydrogen) atoms. The van der Waals surface area contributed by atoms with Crippen molar-refractivity contribution in [2.45, 2.75) is 155 Å². The molecule has 0 aliphatic heterocycles. The van der Waals surface area contributed by atoms with E-state index in [9.17, 15) is 0 Å². The fourth-order valence-electron chi connectivity index (χ4n) is 4.38. The van der Waals surface area contributed by atoms with Gasteiger partial charge in [0, 0.05) is 10.8 Å². The third-order valence-electron chi connectivity index (χ3n) is 6.60. The van der Waals surface area contributed by atoms with Gasteiger partial charge in [0.2, 0.25) is 0 Å². The average molecular weight is 481 g/mol. The third kappa shape index (κ3) is 19.3. The van der Waals surface area contributed by atoms with Gasteiger partial charge in [-0.25, -0.2) is 0 Å². The monoisotopic (exact) mass is 480 g/mol. The second-order valence-electron chi connectivity index (χ2n) is 9.87. The third-order valence-corrected chi connectivity index (χ3v) is 7.30. The van der Waals surface area contributed by atoms with E-state index in [1.807, 2.05) is 0 Å². The molecule has 0 N–H and O–H groups in total. The van der Waals surface area contributed by atoms with Gasteiger partial charge in [-0.2, -0.15) is 0 Å². The lowest BCUT2D eigenvalue weighted by molar-refractivity contribution is 0.260. The molecule has 1 aromatic rings. The van der Waals surface area contributed by atoms with Crippen molar-refractivity contribution in [3.8, 4) is 11.5 Å². The van der Waals surface area contributed by atoms with Crippen LogP contribution in [0.5, 0.6) is 11.5 Å². The lowest BCUT2D eigenvalue weighted by atomic mass is 10.1. The van der Waals surface area contributed by atoms with E-state index in [0.717, 1.165) is 37.6 Å². The van der Waals surface area contributed by atoms with Crippen molar-refractivity contribution in [2.75, 3.05) is 13.2 Å². The Kier molecular flexibility index (Phi) is 22.4. The topological polar surface area (TPSA) is 18.5 Å². The molecular formula is C30H56O2S. The molecule has 1 rings (SSSR count). The van der Waals surface area contributed by atoms with Crippen LogP contribution in [-0.2, 0) is 0 Å². The van der Waals surface area contributed by atoms with E-state index in [2.05, 4.69) is 24.6 Å². The minimum atomic E-state index is 0.822. The van der Waals surface area contributed by atoms with Gasteiger partial charge in [0.25, 0.3) is 0 Å². The van der Waals surface area contributed by atoms with Crippen molar-refractivity contribution in [1.29, 1.82) is 0 Å². The highest BCUT2D eigenvalue weighted by atomic mass is 32.1. The van der Waals surface area contributed by atoms with E-state index >= 15 is 0 Å². The lowest BCUT2D eigenvalue weighted by Gasteiger charge is -2.09. The molecule has 0 amide bonds. The van der Waals surface area contributed by atoms with Gasteiger partial charge < -0.3 is 9.47 Å². The molecule has 0 spiro atoms. The molecule has 3 heteroatoms. The van der Waals surface area contributed by atoms with Crippen LogP contribution in [-0.4, -0.2) is 13.2 Å². The van der Waals surface area contributed by atoms with Crippen LogP contribution in [0.25, 0.3) is 0 Å². The lowest BCUT2D eigenvalue weighted by Crippen LogP contribution is -2.01. The number of rotatable bonds is 26. The van der Waals surface area contributed by atoms with Crippen LogP contribution in [0.15, 0.2) is 10.8 Å². The molecule has 2 nitrogen and oxygen atoms in total. The number of unbranched alkanes of at least 4 members (excludes halogenated alkanes) is 20. The molecule has 0 aliphatic carbocycles. The SMILES string of the molecule is CCCCCCCCCCCCCOc1cscc1OCCCCCCCCCCCCC. The maximum atomic E-state index is 6.00. The fraction of sp³-hybridized carbons (Fsp3) is 0.867. The molecule has 0 atom stereocenters. The van der Waals surface area contributed by atoms with Gasteiger partial charge in [0.05, 0.1) is 13.2 Å². The van der Waals surface area contributed by atoms with Crippen LogP contribution in [0.4, 0.5) is 0 Å². The summed E-state index contributed by atoms with van der Waals surface area (Å²) in [4.78, 5) is 0. The van der Waals surface area contributed by atoms with E-state index < -0.39 is 0 Å². The van der Waals surface area contributed by atoms with Crippen molar-refractivity contribution in [2.24, 2.45) is 0 Å². The Balaban J connectivity index is 1.89. The molecule has 0 bridgehead atoms. The zero-order valence-corrected chi connectivity index (χ0v) is 23.2. The largest absolute Gasteiger partial charge is 0.489 e. The van der Waals surface area contributed by atoms with Crippen molar-refractivity contribution < 1.29 is 9.47 Å². The summed E-state index contributed by atoms with van der Waals surface area (Å²) in [5, 5.41) is 4.18. The normalized spacial score (nSPS) is 11.2. The second kappa shape index (κ2) is 24.4. The Morgan fingerprint density at radius 1 is 0.424 bits per heavy atom. The highest BCUT2D eigenvalue weighted by Crippen LogP contribution is 2.32. The summed E-state index contributed by atoms with van der Waals surface area (Å²) < 4.78 is 12.0. The van der Waals surface area contributed by atoms with Crippen LogP contribution in [0.2, 0.25) is 0 Å². The van der Waals surface area contributed by atoms with Gasteiger partial charge >= 0.3 is 0 Å². The molecular weight excluding hydrogens is 424 g/mol. The number of ether oxygens (including phenoxy) is 2. The van der Waals surface area contributed by atoms with Crippen LogP contribution in [0.1, 0.15) is 155 Å². The van der Waals surface area contributed by atoms with E-state index in [-0.39, 0.29) is 0 Å². The summed E-state index contributed by atoms with van der Waals surface area (Å²) in [6.07, 6.45) is 30.2. The van der Waals surface area contributed by atoms with Crippen molar-refractivity contribution in [1.82, 2.24) is 0 Å². The molecule has 1 aromatic heterocycles. The van der Waals surface area contributed by atoms with Crippen LogP contribution in [0.3, 0.4) is 0 Å². The minimum Gasteiger partial charge on any atom is -0.489 e. The quantitative estimate of drug-likeness (QED) is 0.123. The van der Waals surface area contributed by atoms with Crippen LogP contribution < -0.4 is 9.47 Å². The van der Waals surface area contributed by atoms with E-state index in [4.69, 9.17) is 9.47 Å². The average Bonchev–Trinajstić information content (AvgIpc) is 3.27. The molecule has 0 saturated heterocycles. The standard InChI is InChI=1S/C30H56O2S/c1-3-5-7-9-11-13-15-17-19-21-23-25-31-29-27-33-28-30(29)32-26-24-22-20-18-16-14-12-10-8-6-4-2/h27-28H,3-26H2,1-2H3. The van der Waals surface area contributed by atoms with Gasteiger partial charge in [-0.3, -0.25) is 0 Å². The summed E-state index contributed by atoms with van der Waals surface area (Å²) in [5.41, 5.74) is 0. The Bertz CT molecular complexity index is 457. The predicted molar refractivity (Wildman–Crippen MR) is 148 cm³/mol. The van der Waals surface area contributed by atoms with Gasteiger partial charge in [-0.15, -0.1) is 11.3 Å². The Morgan fingerprint density at radius 2 is 0.697 bits per heavy atom. The smallest absolute Gasteiger partial charge is 0.171 e. The van der Waals surface area contributed by atoms with E-state index in [1.54, 1.807) is 11.3 Å². The van der Waals surface area contributed by atoms with Gasteiger partial charge in [-0.05, 0) is 12.8 Å². The first-order valence-electron chi connectivity index (χ1n) is 14.7. The first-order chi connectivity index (χ1) is 16.4. The summed E-state index contributed by atoms with van der Waals surface area (Å²) >= 11 is 1.68. The zero-order valence-electron chi connectivity index (χ0n) is 22.4. The number of hydrogen-bond acceptors (Lipinski definition) is 3. The summed E-state index contributed by atoms with van der Waals surface area (Å²) in [6, 6.07) is 0. The highest BCUT2D eigenvalue weighted by molar-refractivity contribution is 7.08. The maximum absolute atomic E-state index is 6.00. The molecule has 0 unspecified atom stereocenters. The molecule has 0 aromatic carbocycles. The maximum Gasteiger partial charge on any atom is 0.171 e. The summed E-state index contributed by atoms with van der Waals surface area (Å²) in [6.45, 7) is 6.22. The predicted octanol–water partition coefficient (Wildman–Crippen LogP) is 11.1. The molecule has 1 heterocycles. The van der Waals surface area contributed by atoms with Crippen molar-refractivity contribution in [3.05, 3.63) is 10.8 Å². The summed E-state index contributed by atoms with van der Waals surface area (Å²) in [7, 11) is 0. The molecule has 0 fully saturated rings. The number of hydrogen-bond donors (Lipinski definition) is 0. The first-order valence-corrected chi connectivity index (χ1v) is 15.6. The molecule has 0 radical (unpaired) electrons. The van der Waals surface area contributed by atoms with E-state index in [0.29, 0.717) is 0 Å². The van der Waals surface area contributed by atoms with Gasteiger partial charge in [-0.1, -0.05) is 142 Å². The molecule has 194 valence electrons. The molecule has 0 saturated carbocycles. The second-order valence-corrected chi connectivity index (χ2v) is 10.6. The Labute approximate surface area is 211 Å². The fourth-order valence-corrected chi connectivity index (χ4v) is 5.06. The number of thiophene rings is 1. The highest BCUT2D eigenvalue weighted by Gasteiger charge is 2.06. The van der Waals surface area contributed by atoms with Crippen LogP contribution >= 0.6 is 11.3 Å².